The van der Waals surface area contributed by atoms with Gasteiger partial charge in [-0.2, -0.15) is 0 Å². The van der Waals surface area contributed by atoms with Crippen LogP contribution in [0.4, 0.5) is 9.93 Å². The van der Waals surface area contributed by atoms with Gasteiger partial charge in [-0.3, -0.25) is 5.32 Å². The molecule has 1 aliphatic heterocycles. The lowest BCUT2D eigenvalue weighted by molar-refractivity contribution is 0.138. The Balaban J connectivity index is 1.27. The van der Waals surface area contributed by atoms with Crippen molar-refractivity contribution < 1.29 is 14.3 Å². The summed E-state index contributed by atoms with van der Waals surface area (Å²) in [6, 6.07) is 3.43. The normalized spacial score (nSPS) is 19.6. The summed E-state index contributed by atoms with van der Waals surface area (Å²) in [6.45, 7) is 1.72. The maximum Gasteiger partial charge on any atom is 0.321 e. The van der Waals surface area contributed by atoms with E-state index in [9.17, 15) is 4.79 Å². The van der Waals surface area contributed by atoms with Gasteiger partial charge < -0.3 is 14.8 Å². The number of aromatic nitrogens is 2. The van der Waals surface area contributed by atoms with Crippen molar-refractivity contribution in [3.63, 3.8) is 0 Å². The number of carbonyl (C=O) groups is 1. The predicted octanol–water partition coefficient (Wildman–Crippen LogP) is 2.90. The number of urea groups is 1. The van der Waals surface area contributed by atoms with Gasteiger partial charge in [-0.25, -0.2) is 14.8 Å². The first-order chi connectivity index (χ1) is 12.3. The first-order valence-corrected chi connectivity index (χ1v) is 9.34. The van der Waals surface area contributed by atoms with Crippen molar-refractivity contribution in [1.29, 1.82) is 0 Å². The van der Waals surface area contributed by atoms with Crippen molar-refractivity contribution in [2.75, 3.05) is 18.5 Å². The molecule has 2 N–H and O–H groups in total. The first kappa shape index (κ1) is 16.3. The smallest absolute Gasteiger partial charge is 0.321 e. The fourth-order valence-electron chi connectivity index (χ4n) is 2.64. The molecule has 2 fully saturated rings. The second kappa shape index (κ2) is 7.37. The van der Waals surface area contributed by atoms with Crippen molar-refractivity contribution in [2.45, 2.75) is 37.8 Å². The number of hydrogen-bond acceptors (Lipinski definition) is 6. The van der Waals surface area contributed by atoms with Crippen molar-refractivity contribution in [3.8, 4) is 5.88 Å². The minimum atomic E-state index is -0.264. The Labute approximate surface area is 149 Å². The fraction of sp³-hybridized carbons (Fsp3) is 0.471. The van der Waals surface area contributed by atoms with Crippen LogP contribution in [-0.2, 0) is 11.3 Å². The Morgan fingerprint density at radius 3 is 3.12 bits per heavy atom. The summed E-state index contributed by atoms with van der Waals surface area (Å²) in [6.07, 6.45) is 5.03. The van der Waals surface area contributed by atoms with Gasteiger partial charge in [-0.1, -0.05) is 0 Å². The topological polar surface area (TPSA) is 85.4 Å². The summed E-state index contributed by atoms with van der Waals surface area (Å²) < 4.78 is 11.1. The second-order valence-electron chi connectivity index (χ2n) is 6.27. The van der Waals surface area contributed by atoms with E-state index in [1.165, 1.54) is 24.2 Å². The number of nitrogens with one attached hydrogen (secondary N) is 2. The third-order valence-electron chi connectivity index (χ3n) is 4.17. The van der Waals surface area contributed by atoms with Crippen LogP contribution in [0.5, 0.6) is 5.88 Å². The Kier molecular flexibility index (Phi) is 4.80. The van der Waals surface area contributed by atoms with Crippen LogP contribution in [-0.4, -0.2) is 35.3 Å². The van der Waals surface area contributed by atoms with E-state index in [0.29, 0.717) is 30.1 Å². The minimum absolute atomic E-state index is 0.0598. The molecule has 132 valence electrons. The Hall–Kier alpha value is -2.19. The highest BCUT2D eigenvalue weighted by Crippen LogP contribution is 2.40. The Bertz CT molecular complexity index is 741. The summed E-state index contributed by atoms with van der Waals surface area (Å²) in [5, 5.41) is 8.27. The SMILES string of the molecule is O=C(NCc1ccnc(OC2CCOC2)c1)Nc1nc(C2CC2)cs1. The zero-order valence-electron chi connectivity index (χ0n) is 13.7. The molecule has 8 heteroatoms. The number of amides is 2. The maximum atomic E-state index is 12.0. The van der Waals surface area contributed by atoms with E-state index >= 15 is 0 Å². The molecule has 1 saturated heterocycles. The zero-order valence-corrected chi connectivity index (χ0v) is 14.6. The van der Waals surface area contributed by atoms with E-state index < -0.39 is 0 Å². The third kappa shape index (κ3) is 4.46. The molecule has 0 aromatic carbocycles. The van der Waals surface area contributed by atoms with Crippen LogP contribution in [0.2, 0.25) is 0 Å². The van der Waals surface area contributed by atoms with Gasteiger partial charge in [0, 0.05) is 36.5 Å². The molecule has 2 aliphatic rings. The highest BCUT2D eigenvalue weighted by atomic mass is 32.1. The van der Waals surface area contributed by atoms with E-state index in [4.69, 9.17) is 9.47 Å². The number of rotatable bonds is 6. The van der Waals surface area contributed by atoms with Crippen molar-refractivity contribution in [2.24, 2.45) is 0 Å². The molecule has 0 spiro atoms. The summed E-state index contributed by atoms with van der Waals surface area (Å²) in [5.74, 6) is 1.15. The van der Waals surface area contributed by atoms with Crippen LogP contribution in [0.25, 0.3) is 0 Å². The van der Waals surface area contributed by atoms with Crippen LogP contribution in [0.3, 0.4) is 0 Å². The van der Waals surface area contributed by atoms with Gasteiger partial charge in [-0.05, 0) is 24.5 Å². The van der Waals surface area contributed by atoms with Gasteiger partial charge in [0.15, 0.2) is 5.13 Å². The van der Waals surface area contributed by atoms with E-state index in [1.807, 2.05) is 17.5 Å². The van der Waals surface area contributed by atoms with Gasteiger partial charge >= 0.3 is 6.03 Å². The maximum absolute atomic E-state index is 12.0. The number of anilines is 1. The molecular formula is C17H20N4O3S. The van der Waals surface area contributed by atoms with Crippen LogP contribution >= 0.6 is 11.3 Å². The molecule has 2 aromatic heterocycles. The van der Waals surface area contributed by atoms with E-state index in [1.54, 1.807) is 6.20 Å². The molecule has 7 nitrogen and oxygen atoms in total. The molecule has 2 amide bonds. The van der Waals surface area contributed by atoms with Crippen molar-refractivity contribution >= 4 is 22.5 Å². The lowest BCUT2D eigenvalue weighted by Gasteiger charge is -2.12. The molecule has 0 bridgehead atoms. The highest BCUT2D eigenvalue weighted by Gasteiger charge is 2.26. The first-order valence-electron chi connectivity index (χ1n) is 8.46. The summed E-state index contributed by atoms with van der Waals surface area (Å²) in [7, 11) is 0. The molecule has 4 rings (SSSR count). The zero-order chi connectivity index (χ0) is 17.1. The molecule has 1 saturated carbocycles. The van der Waals surface area contributed by atoms with Crippen LogP contribution in [0.1, 0.15) is 36.4 Å². The van der Waals surface area contributed by atoms with E-state index in [0.717, 1.165) is 24.3 Å². The molecule has 1 atom stereocenters. The second-order valence-corrected chi connectivity index (χ2v) is 7.12. The van der Waals surface area contributed by atoms with Gasteiger partial charge in [0.05, 0.1) is 18.9 Å². The number of ether oxygens (including phenoxy) is 2. The summed E-state index contributed by atoms with van der Waals surface area (Å²) >= 11 is 1.46. The van der Waals surface area contributed by atoms with E-state index in [-0.39, 0.29) is 12.1 Å². The van der Waals surface area contributed by atoms with Crippen molar-refractivity contribution in [3.05, 3.63) is 35.0 Å². The number of carbonyl (C=O) groups excluding carboxylic acids is 1. The summed E-state index contributed by atoms with van der Waals surface area (Å²) in [5.41, 5.74) is 2.02. The largest absolute Gasteiger partial charge is 0.472 e. The minimum Gasteiger partial charge on any atom is -0.472 e. The molecule has 1 unspecified atom stereocenters. The predicted molar refractivity (Wildman–Crippen MR) is 94.0 cm³/mol. The molecule has 1 aliphatic carbocycles. The number of nitrogens with zero attached hydrogens (tertiary/aromatic N) is 2. The quantitative estimate of drug-likeness (QED) is 0.827. The monoisotopic (exact) mass is 360 g/mol. The van der Waals surface area contributed by atoms with Crippen LogP contribution < -0.4 is 15.4 Å². The standard InChI is InChI=1S/C17H20N4O3S/c22-16(21-17-20-14(10-25-17)12-1-2-12)19-8-11-3-5-18-15(7-11)24-13-4-6-23-9-13/h3,5,7,10,12-13H,1-2,4,6,8-9H2,(H2,19,20,21,22). The van der Waals surface area contributed by atoms with Gasteiger partial charge in [0.25, 0.3) is 0 Å². The van der Waals surface area contributed by atoms with Gasteiger partial charge in [-0.15, -0.1) is 11.3 Å². The molecular weight excluding hydrogens is 340 g/mol. The highest BCUT2D eigenvalue weighted by molar-refractivity contribution is 7.13. The van der Waals surface area contributed by atoms with Crippen LogP contribution in [0, 0.1) is 0 Å². The molecule has 0 radical (unpaired) electrons. The Morgan fingerprint density at radius 2 is 2.32 bits per heavy atom. The van der Waals surface area contributed by atoms with Gasteiger partial charge in [0.1, 0.15) is 6.10 Å². The molecule has 2 aromatic rings. The van der Waals surface area contributed by atoms with Crippen LogP contribution in [0.15, 0.2) is 23.7 Å². The molecule has 3 heterocycles. The lowest BCUT2D eigenvalue weighted by atomic mass is 10.2. The van der Waals surface area contributed by atoms with E-state index in [2.05, 4.69) is 20.6 Å². The van der Waals surface area contributed by atoms with Gasteiger partial charge in [0.2, 0.25) is 5.88 Å². The molecule has 25 heavy (non-hydrogen) atoms. The third-order valence-corrected chi connectivity index (χ3v) is 4.94. The average molecular weight is 360 g/mol. The Morgan fingerprint density at radius 1 is 1.40 bits per heavy atom. The number of hydrogen-bond donors (Lipinski definition) is 2. The fourth-order valence-corrected chi connectivity index (χ4v) is 3.42. The van der Waals surface area contributed by atoms with Crippen molar-refractivity contribution in [1.82, 2.24) is 15.3 Å². The number of thiazole rings is 1. The summed E-state index contributed by atoms with van der Waals surface area (Å²) in [4.78, 5) is 20.7. The number of pyridine rings is 1. The average Bonchev–Trinajstić information content (AvgIpc) is 3.14. The lowest BCUT2D eigenvalue weighted by Crippen LogP contribution is -2.28.